The van der Waals surface area contributed by atoms with Crippen LogP contribution in [-0.4, -0.2) is 15.9 Å². The molecule has 14 heavy (non-hydrogen) atoms. The summed E-state index contributed by atoms with van der Waals surface area (Å²) in [6, 6.07) is 4.21. The van der Waals surface area contributed by atoms with Crippen LogP contribution in [0.15, 0.2) is 23.2 Å². The number of hydrogen-bond donors (Lipinski definition) is 0. The molecule has 0 saturated heterocycles. The highest BCUT2D eigenvalue weighted by Crippen LogP contribution is 2.24. The maximum Gasteiger partial charge on any atom is 0.242 e. The molecule has 0 aliphatic rings. The molecule has 4 nitrogen and oxygen atoms in total. The molecule has 0 atom stereocenters. The van der Waals surface area contributed by atoms with Gasteiger partial charge in [0.25, 0.3) is 0 Å². The fourth-order valence-corrected chi connectivity index (χ4v) is 1.35. The maximum absolute atomic E-state index is 12.9. The Balaban J connectivity index is 2.85. The van der Waals surface area contributed by atoms with Gasteiger partial charge < -0.3 is 0 Å². The number of aryl methyl sites for hydroxylation is 1. The Morgan fingerprint density at radius 3 is 3.07 bits per heavy atom. The van der Waals surface area contributed by atoms with E-state index >= 15 is 0 Å². The number of nitrogens with zero attached hydrogens (tertiary/aromatic N) is 3. The molecular formula is C9H6FN3O. The van der Waals surface area contributed by atoms with Crippen LogP contribution in [0.25, 0.3) is 10.9 Å². The van der Waals surface area contributed by atoms with Gasteiger partial charge in [0.1, 0.15) is 5.82 Å². The minimum absolute atomic E-state index is 0.192. The highest BCUT2D eigenvalue weighted by molar-refractivity contribution is 5.89. The van der Waals surface area contributed by atoms with Crippen molar-refractivity contribution in [1.29, 1.82) is 0 Å². The molecule has 5 heteroatoms. The first-order chi connectivity index (χ1) is 6.72. The van der Waals surface area contributed by atoms with Crippen molar-refractivity contribution in [2.75, 3.05) is 0 Å². The lowest BCUT2D eigenvalue weighted by Gasteiger charge is -1.91. The second-order valence-corrected chi connectivity index (χ2v) is 2.81. The fourth-order valence-electron chi connectivity index (χ4n) is 1.35. The highest BCUT2D eigenvalue weighted by atomic mass is 19.1. The third-order valence-electron chi connectivity index (χ3n) is 1.94. The second-order valence-electron chi connectivity index (χ2n) is 2.81. The van der Waals surface area contributed by atoms with Gasteiger partial charge in [0.05, 0.1) is 10.9 Å². The summed E-state index contributed by atoms with van der Waals surface area (Å²) in [5.74, 6) is -0.190. The Kier molecular flexibility index (Phi) is 1.87. The molecule has 0 saturated carbocycles. The standard InChI is InChI=1S/C9H6FN3O/c1-13-8-3-2-6(10)4-7(8)9(12-13)11-5-14/h2-4H,1H3. The van der Waals surface area contributed by atoms with Gasteiger partial charge in [0.15, 0.2) is 5.82 Å². The molecule has 0 radical (unpaired) electrons. The Morgan fingerprint density at radius 2 is 2.36 bits per heavy atom. The van der Waals surface area contributed by atoms with Crippen molar-refractivity contribution < 1.29 is 9.18 Å². The number of hydrogen-bond acceptors (Lipinski definition) is 3. The topological polar surface area (TPSA) is 47.2 Å². The molecule has 2 rings (SSSR count). The monoisotopic (exact) mass is 191 g/mol. The fraction of sp³-hybridized carbons (Fsp3) is 0.111. The average Bonchev–Trinajstić information content (AvgIpc) is 2.44. The third-order valence-corrected chi connectivity index (χ3v) is 1.94. The zero-order valence-corrected chi connectivity index (χ0v) is 7.36. The Bertz CT molecular complexity index is 540. The SMILES string of the molecule is Cn1nc(N=C=O)c2cc(F)ccc21. The first-order valence-electron chi connectivity index (χ1n) is 3.92. The molecule has 0 bridgehead atoms. The first kappa shape index (κ1) is 8.59. The van der Waals surface area contributed by atoms with E-state index in [2.05, 4.69) is 10.1 Å². The molecule has 1 aromatic heterocycles. The van der Waals surface area contributed by atoms with Crippen LogP contribution >= 0.6 is 0 Å². The van der Waals surface area contributed by atoms with Gasteiger partial charge in [-0.25, -0.2) is 9.18 Å². The van der Waals surface area contributed by atoms with E-state index < -0.39 is 0 Å². The summed E-state index contributed by atoms with van der Waals surface area (Å²) < 4.78 is 14.4. The normalized spacial score (nSPS) is 10.1. The summed E-state index contributed by atoms with van der Waals surface area (Å²) in [7, 11) is 1.70. The zero-order chi connectivity index (χ0) is 10.1. The van der Waals surface area contributed by atoms with Gasteiger partial charge >= 0.3 is 0 Å². The van der Waals surface area contributed by atoms with Gasteiger partial charge in [0.2, 0.25) is 6.08 Å². The number of fused-ring (bicyclic) bond motifs is 1. The summed E-state index contributed by atoms with van der Waals surface area (Å²) in [6.45, 7) is 0. The van der Waals surface area contributed by atoms with E-state index in [1.807, 2.05) is 0 Å². The lowest BCUT2D eigenvalue weighted by Crippen LogP contribution is -1.88. The first-order valence-corrected chi connectivity index (χ1v) is 3.92. The number of benzene rings is 1. The number of isocyanates is 1. The van der Waals surface area contributed by atoms with Crippen LogP contribution in [0.1, 0.15) is 0 Å². The Hall–Kier alpha value is -2.00. The van der Waals surface area contributed by atoms with E-state index in [1.165, 1.54) is 22.9 Å². The predicted molar refractivity (Wildman–Crippen MR) is 48.5 cm³/mol. The molecule has 0 aliphatic heterocycles. The quantitative estimate of drug-likeness (QED) is 0.508. The molecule has 0 fully saturated rings. The highest BCUT2D eigenvalue weighted by Gasteiger charge is 2.07. The minimum Gasteiger partial charge on any atom is -0.266 e. The van der Waals surface area contributed by atoms with Gasteiger partial charge in [-0.3, -0.25) is 4.68 Å². The van der Waals surface area contributed by atoms with E-state index in [0.29, 0.717) is 5.39 Å². The summed E-state index contributed by atoms with van der Waals surface area (Å²) in [5, 5.41) is 4.45. The van der Waals surface area contributed by atoms with Crippen molar-refractivity contribution in [2.45, 2.75) is 0 Å². The van der Waals surface area contributed by atoms with Crippen LogP contribution in [0.3, 0.4) is 0 Å². The van der Waals surface area contributed by atoms with E-state index in [1.54, 1.807) is 13.1 Å². The lowest BCUT2D eigenvalue weighted by atomic mass is 10.2. The third kappa shape index (κ3) is 1.20. The van der Waals surface area contributed by atoms with Gasteiger partial charge in [-0.05, 0) is 18.2 Å². The molecule has 0 unspecified atom stereocenters. The molecular weight excluding hydrogens is 185 g/mol. The number of rotatable bonds is 1. The van der Waals surface area contributed by atoms with E-state index in [-0.39, 0.29) is 11.6 Å². The van der Waals surface area contributed by atoms with Gasteiger partial charge in [-0.15, -0.1) is 4.99 Å². The smallest absolute Gasteiger partial charge is 0.242 e. The second kappa shape index (κ2) is 3.05. The van der Waals surface area contributed by atoms with Crippen molar-refractivity contribution in [1.82, 2.24) is 9.78 Å². The number of halogens is 1. The number of aromatic nitrogens is 2. The molecule has 0 amide bonds. The van der Waals surface area contributed by atoms with Crippen molar-refractivity contribution in [2.24, 2.45) is 12.0 Å². The van der Waals surface area contributed by atoms with Gasteiger partial charge in [-0.2, -0.15) is 5.10 Å². The van der Waals surface area contributed by atoms with Crippen LogP contribution in [0.5, 0.6) is 0 Å². The molecule has 70 valence electrons. The molecule has 1 heterocycles. The van der Waals surface area contributed by atoms with E-state index in [4.69, 9.17) is 0 Å². The van der Waals surface area contributed by atoms with Gasteiger partial charge in [0, 0.05) is 7.05 Å². The van der Waals surface area contributed by atoms with Crippen molar-refractivity contribution in [3.63, 3.8) is 0 Å². The number of carbonyl (C=O) groups excluding carboxylic acids is 1. The van der Waals surface area contributed by atoms with Crippen molar-refractivity contribution in [3.05, 3.63) is 24.0 Å². The van der Waals surface area contributed by atoms with Gasteiger partial charge in [-0.1, -0.05) is 0 Å². The maximum atomic E-state index is 12.9. The van der Waals surface area contributed by atoms with Crippen molar-refractivity contribution in [3.8, 4) is 0 Å². The summed E-state index contributed by atoms with van der Waals surface area (Å²) in [6.07, 6.45) is 1.39. The minimum atomic E-state index is -0.382. The largest absolute Gasteiger partial charge is 0.266 e. The van der Waals surface area contributed by atoms with Crippen LogP contribution in [-0.2, 0) is 11.8 Å². The Morgan fingerprint density at radius 1 is 1.57 bits per heavy atom. The van der Waals surface area contributed by atoms with Crippen molar-refractivity contribution >= 4 is 22.8 Å². The molecule has 0 N–H and O–H groups in total. The predicted octanol–water partition coefficient (Wildman–Crippen LogP) is 1.68. The van der Waals surface area contributed by atoms with Crippen LogP contribution in [0.2, 0.25) is 0 Å². The molecule has 1 aromatic carbocycles. The lowest BCUT2D eigenvalue weighted by molar-refractivity contribution is 0.565. The average molecular weight is 191 g/mol. The van der Waals surface area contributed by atoms with E-state index in [0.717, 1.165) is 5.52 Å². The zero-order valence-electron chi connectivity index (χ0n) is 7.36. The van der Waals surface area contributed by atoms with E-state index in [9.17, 15) is 9.18 Å². The Labute approximate surface area is 78.7 Å². The molecule has 0 aliphatic carbocycles. The van der Waals surface area contributed by atoms with Crippen LogP contribution in [0, 0.1) is 5.82 Å². The molecule has 0 spiro atoms. The summed E-state index contributed by atoms with van der Waals surface area (Å²) >= 11 is 0. The molecule has 2 aromatic rings. The summed E-state index contributed by atoms with van der Waals surface area (Å²) in [5.41, 5.74) is 0.723. The van der Waals surface area contributed by atoms with Crippen LogP contribution < -0.4 is 0 Å². The summed E-state index contributed by atoms with van der Waals surface area (Å²) in [4.78, 5) is 13.5. The number of aliphatic imine (C=N–C) groups is 1. The van der Waals surface area contributed by atoms with Crippen LogP contribution in [0.4, 0.5) is 10.2 Å².